The van der Waals surface area contributed by atoms with Gasteiger partial charge in [-0.05, 0) is 22.6 Å². The van der Waals surface area contributed by atoms with E-state index in [1.54, 1.807) is 0 Å². The molecule has 0 fully saturated rings. The van der Waals surface area contributed by atoms with Gasteiger partial charge in [0.1, 0.15) is 5.69 Å². The predicted molar refractivity (Wildman–Crippen MR) is 49.7 cm³/mol. The predicted octanol–water partition coefficient (Wildman–Crippen LogP) is 2.94. The van der Waals surface area contributed by atoms with Crippen molar-refractivity contribution in [1.82, 2.24) is 4.98 Å². The molecule has 2 nitrogen and oxygen atoms in total. The zero-order chi connectivity index (χ0) is 11.8. The van der Waals surface area contributed by atoms with Crippen molar-refractivity contribution in [2.24, 2.45) is 0 Å². The standard InChI is InChI=1S/C7H3F5INO/c8-6(9)2-1-3(15)4(13)5(14-2)7(10,11)12/h1,6H,(H,14,15). The van der Waals surface area contributed by atoms with Crippen molar-refractivity contribution in [1.29, 1.82) is 0 Å². The van der Waals surface area contributed by atoms with Crippen LogP contribution < -0.4 is 5.43 Å². The Bertz CT molecular complexity index is 424. The number of aromatic nitrogens is 1. The number of halogens is 6. The van der Waals surface area contributed by atoms with E-state index in [2.05, 4.69) is 0 Å². The molecule has 0 unspecified atom stereocenters. The van der Waals surface area contributed by atoms with Gasteiger partial charge in [0.25, 0.3) is 6.43 Å². The molecule has 1 aromatic heterocycles. The molecular weight excluding hydrogens is 336 g/mol. The normalized spacial score (nSPS) is 12.2. The highest BCUT2D eigenvalue weighted by atomic mass is 127. The average molecular weight is 339 g/mol. The van der Waals surface area contributed by atoms with Crippen molar-refractivity contribution >= 4 is 22.6 Å². The number of hydrogen-bond donors (Lipinski definition) is 1. The van der Waals surface area contributed by atoms with Crippen LogP contribution in [0.1, 0.15) is 17.8 Å². The van der Waals surface area contributed by atoms with E-state index in [-0.39, 0.29) is 0 Å². The van der Waals surface area contributed by atoms with Crippen molar-refractivity contribution in [3.8, 4) is 0 Å². The van der Waals surface area contributed by atoms with Crippen LogP contribution >= 0.6 is 22.6 Å². The van der Waals surface area contributed by atoms with Crippen molar-refractivity contribution in [3.05, 3.63) is 31.2 Å². The van der Waals surface area contributed by atoms with Crippen LogP contribution in [0.5, 0.6) is 0 Å². The lowest BCUT2D eigenvalue weighted by atomic mass is 10.3. The van der Waals surface area contributed by atoms with Crippen LogP contribution in [0, 0.1) is 3.57 Å². The third kappa shape index (κ3) is 2.67. The highest BCUT2D eigenvalue weighted by Gasteiger charge is 2.36. The maximum atomic E-state index is 12.3. The largest absolute Gasteiger partial charge is 0.432 e. The SMILES string of the molecule is O=c1cc(C(F)F)[nH]c(C(F)(F)F)c1I. The van der Waals surface area contributed by atoms with Gasteiger partial charge < -0.3 is 4.98 Å². The monoisotopic (exact) mass is 339 g/mol. The number of alkyl halides is 5. The van der Waals surface area contributed by atoms with Gasteiger partial charge in [-0.1, -0.05) is 0 Å². The quantitative estimate of drug-likeness (QED) is 0.619. The first-order valence-electron chi connectivity index (χ1n) is 3.51. The molecule has 84 valence electrons. The lowest BCUT2D eigenvalue weighted by Crippen LogP contribution is -2.20. The van der Waals surface area contributed by atoms with Gasteiger partial charge in [0.15, 0.2) is 5.43 Å². The maximum Gasteiger partial charge on any atom is 0.432 e. The van der Waals surface area contributed by atoms with Crippen LogP contribution in [0.4, 0.5) is 22.0 Å². The van der Waals surface area contributed by atoms with Gasteiger partial charge in [0, 0.05) is 6.07 Å². The van der Waals surface area contributed by atoms with E-state index in [1.807, 2.05) is 0 Å². The van der Waals surface area contributed by atoms with Crippen LogP contribution in [0.15, 0.2) is 10.9 Å². The van der Waals surface area contributed by atoms with E-state index < -0.39 is 33.0 Å². The van der Waals surface area contributed by atoms with Crippen LogP contribution in [-0.4, -0.2) is 4.98 Å². The molecule has 0 aliphatic rings. The number of H-pyrrole nitrogens is 1. The van der Waals surface area contributed by atoms with Crippen LogP contribution in [-0.2, 0) is 6.18 Å². The summed E-state index contributed by atoms with van der Waals surface area (Å²) < 4.78 is 60.3. The summed E-state index contributed by atoms with van der Waals surface area (Å²) in [5.74, 6) is 0. The molecule has 0 saturated heterocycles. The molecule has 1 heterocycles. The van der Waals surface area contributed by atoms with E-state index >= 15 is 0 Å². The molecule has 0 bridgehead atoms. The Morgan fingerprint density at radius 1 is 1.33 bits per heavy atom. The zero-order valence-corrected chi connectivity index (χ0v) is 8.99. The van der Waals surface area contributed by atoms with Crippen molar-refractivity contribution in [2.45, 2.75) is 12.6 Å². The first kappa shape index (κ1) is 12.4. The summed E-state index contributed by atoms with van der Waals surface area (Å²) in [4.78, 5) is 12.5. The highest BCUT2D eigenvalue weighted by Crippen LogP contribution is 2.31. The molecule has 1 N–H and O–H groups in total. The van der Waals surface area contributed by atoms with Crippen LogP contribution in [0.3, 0.4) is 0 Å². The first-order valence-corrected chi connectivity index (χ1v) is 4.59. The molecule has 8 heteroatoms. The molecule has 0 saturated carbocycles. The number of rotatable bonds is 1. The summed E-state index contributed by atoms with van der Waals surface area (Å²) in [6.45, 7) is 0. The summed E-state index contributed by atoms with van der Waals surface area (Å²) in [6, 6.07) is 0.460. The van der Waals surface area contributed by atoms with Gasteiger partial charge in [0.05, 0.1) is 9.26 Å². The molecule has 0 radical (unpaired) electrons. The molecule has 0 aliphatic carbocycles. The Balaban J connectivity index is 3.46. The Labute approximate surface area is 93.6 Å². The summed E-state index contributed by atoms with van der Waals surface area (Å²) in [6.07, 6.45) is -7.99. The molecule has 0 spiro atoms. The second-order valence-corrected chi connectivity index (χ2v) is 3.66. The fourth-order valence-corrected chi connectivity index (χ4v) is 1.47. The number of nitrogens with one attached hydrogen (secondary N) is 1. The molecule has 1 rings (SSSR count). The van der Waals surface area contributed by atoms with Crippen molar-refractivity contribution in [2.75, 3.05) is 0 Å². The van der Waals surface area contributed by atoms with Crippen molar-refractivity contribution in [3.63, 3.8) is 0 Å². The molecule has 0 aliphatic heterocycles. The Hall–Kier alpha value is -0.670. The molecule has 1 aromatic rings. The Morgan fingerprint density at radius 3 is 2.27 bits per heavy atom. The third-order valence-electron chi connectivity index (χ3n) is 1.51. The minimum absolute atomic E-state index is 0.460. The van der Waals surface area contributed by atoms with E-state index in [4.69, 9.17) is 0 Å². The third-order valence-corrected chi connectivity index (χ3v) is 2.58. The number of aromatic amines is 1. The summed E-state index contributed by atoms with van der Waals surface area (Å²) in [5.41, 5.74) is -3.55. The maximum absolute atomic E-state index is 12.3. The topological polar surface area (TPSA) is 32.9 Å². The fourth-order valence-electron chi connectivity index (χ4n) is 0.876. The fraction of sp³-hybridized carbons (Fsp3) is 0.286. The minimum Gasteiger partial charge on any atom is -0.349 e. The average Bonchev–Trinajstić information content (AvgIpc) is 2.06. The number of hydrogen-bond acceptors (Lipinski definition) is 1. The lowest BCUT2D eigenvalue weighted by Gasteiger charge is -2.10. The van der Waals surface area contributed by atoms with Gasteiger partial charge in [-0.3, -0.25) is 4.79 Å². The van der Waals surface area contributed by atoms with E-state index in [0.29, 0.717) is 6.07 Å². The second-order valence-electron chi connectivity index (χ2n) is 2.58. The smallest absolute Gasteiger partial charge is 0.349 e. The lowest BCUT2D eigenvalue weighted by molar-refractivity contribution is -0.142. The Kier molecular flexibility index (Phi) is 3.36. The van der Waals surface area contributed by atoms with E-state index in [1.165, 1.54) is 4.98 Å². The molecule has 0 amide bonds. The van der Waals surface area contributed by atoms with Gasteiger partial charge in [-0.25, -0.2) is 8.78 Å². The molecule has 15 heavy (non-hydrogen) atoms. The first-order chi connectivity index (χ1) is 6.73. The van der Waals surface area contributed by atoms with Gasteiger partial charge >= 0.3 is 6.18 Å². The van der Waals surface area contributed by atoms with Crippen LogP contribution in [0.2, 0.25) is 0 Å². The summed E-state index contributed by atoms with van der Waals surface area (Å²) >= 11 is 1.16. The van der Waals surface area contributed by atoms with Gasteiger partial charge in [-0.2, -0.15) is 13.2 Å². The molecule has 0 atom stereocenters. The van der Waals surface area contributed by atoms with Crippen LogP contribution in [0.25, 0.3) is 0 Å². The van der Waals surface area contributed by atoms with E-state index in [9.17, 15) is 26.7 Å². The molecule has 0 aromatic carbocycles. The molecular formula is C7H3F5INO. The second kappa shape index (κ2) is 4.06. The number of pyridine rings is 1. The van der Waals surface area contributed by atoms with Gasteiger partial charge in [-0.15, -0.1) is 0 Å². The summed E-state index contributed by atoms with van der Waals surface area (Å²) in [7, 11) is 0. The van der Waals surface area contributed by atoms with Crippen molar-refractivity contribution < 1.29 is 22.0 Å². The van der Waals surface area contributed by atoms with E-state index in [0.717, 1.165) is 22.6 Å². The zero-order valence-electron chi connectivity index (χ0n) is 6.83. The Morgan fingerprint density at radius 2 is 1.87 bits per heavy atom. The summed E-state index contributed by atoms with van der Waals surface area (Å²) in [5, 5.41) is 0. The highest BCUT2D eigenvalue weighted by molar-refractivity contribution is 14.1. The van der Waals surface area contributed by atoms with Gasteiger partial charge in [0.2, 0.25) is 0 Å². The minimum atomic E-state index is -4.85.